The van der Waals surface area contributed by atoms with Gasteiger partial charge in [-0.05, 0) is 0 Å². The number of aryl methyl sites for hydroxylation is 1. The number of hydrogen-bond donors (Lipinski definition) is 1. The minimum Gasteiger partial charge on any atom is -0.486 e. The summed E-state index contributed by atoms with van der Waals surface area (Å²) in [7, 11) is 0. The fraction of sp³-hybridized carbons (Fsp3) is 0.190. The fourth-order valence-electron chi connectivity index (χ4n) is 3.08. The van der Waals surface area contributed by atoms with E-state index in [2.05, 4.69) is 15.3 Å². The number of ether oxygens (including phenoxy) is 2. The Balaban J connectivity index is 1.22. The molecule has 29 heavy (non-hydrogen) atoms. The summed E-state index contributed by atoms with van der Waals surface area (Å²) in [6, 6.07) is 13.5. The summed E-state index contributed by atoms with van der Waals surface area (Å²) < 4.78 is 17.8. The van der Waals surface area contributed by atoms with E-state index >= 15 is 0 Å². The van der Waals surface area contributed by atoms with Gasteiger partial charge in [0.25, 0.3) is 0 Å². The van der Waals surface area contributed by atoms with Crippen LogP contribution in [0.2, 0.25) is 0 Å². The highest BCUT2D eigenvalue weighted by Gasteiger charge is 2.16. The Labute approximate surface area is 170 Å². The fourth-order valence-corrected chi connectivity index (χ4v) is 3.97. The van der Waals surface area contributed by atoms with Crippen LogP contribution in [0.4, 0.5) is 5.13 Å². The van der Waals surface area contributed by atoms with Crippen LogP contribution in [0, 0.1) is 0 Å². The second-order valence-electron chi connectivity index (χ2n) is 6.52. The second kappa shape index (κ2) is 7.56. The average Bonchev–Trinajstić information content (AvgIpc) is 3.37. The van der Waals surface area contributed by atoms with E-state index in [1.807, 2.05) is 42.5 Å². The lowest BCUT2D eigenvalue weighted by atomic mass is 10.2. The molecule has 1 aliphatic rings. The molecule has 1 aliphatic heterocycles. The summed E-state index contributed by atoms with van der Waals surface area (Å²) in [6.07, 6.45) is 2.36. The van der Waals surface area contributed by atoms with E-state index in [0.29, 0.717) is 47.9 Å². The largest absolute Gasteiger partial charge is 0.486 e. The number of amides is 1. The number of aromatic nitrogens is 2. The third-order valence-corrected chi connectivity index (χ3v) is 5.41. The van der Waals surface area contributed by atoms with Crippen molar-refractivity contribution in [3.63, 3.8) is 0 Å². The monoisotopic (exact) mass is 407 g/mol. The number of hydrogen-bond acceptors (Lipinski definition) is 7. The van der Waals surface area contributed by atoms with E-state index in [1.165, 1.54) is 11.3 Å². The van der Waals surface area contributed by atoms with E-state index < -0.39 is 0 Å². The molecule has 0 atom stereocenters. The van der Waals surface area contributed by atoms with Gasteiger partial charge in [0.05, 0.1) is 16.4 Å². The number of nitrogens with zero attached hydrogens (tertiary/aromatic N) is 2. The zero-order valence-corrected chi connectivity index (χ0v) is 16.2. The lowest BCUT2D eigenvalue weighted by Crippen LogP contribution is -2.15. The van der Waals surface area contributed by atoms with E-state index in [4.69, 9.17) is 13.9 Å². The van der Waals surface area contributed by atoms with Gasteiger partial charge in [-0.1, -0.05) is 41.7 Å². The van der Waals surface area contributed by atoms with E-state index in [0.717, 1.165) is 15.8 Å². The molecule has 0 radical (unpaired) electrons. The quantitative estimate of drug-likeness (QED) is 0.531. The molecule has 0 fully saturated rings. The molecule has 0 saturated heterocycles. The van der Waals surface area contributed by atoms with Gasteiger partial charge in [-0.3, -0.25) is 4.79 Å². The molecule has 1 N–H and O–H groups in total. The van der Waals surface area contributed by atoms with Crippen LogP contribution in [0.25, 0.3) is 21.5 Å². The van der Waals surface area contributed by atoms with Crippen LogP contribution in [-0.2, 0) is 11.2 Å². The maximum Gasteiger partial charge on any atom is 0.226 e. The molecule has 2 aromatic carbocycles. The maximum absolute atomic E-state index is 12.3. The number of rotatable bonds is 5. The van der Waals surface area contributed by atoms with Crippen molar-refractivity contribution in [3.05, 3.63) is 54.6 Å². The highest BCUT2D eigenvalue weighted by atomic mass is 32.1. The topological polar surface area (TPSA) is 86.5 Å². The molecule has 0 saturated carbocycles. The van der Waals surface area contributed by atoms with Crippen molar-refractivity contribution in [3.8, 4) is 22.8 Å². The van der Waals surface area contributed by atoms with Crippen molar-refractivity contribution in [2.75, 3.05) is 18.5 Å². The van der Waals surface area contributed by atoms with Crippen molar-refractivity contribution in [2.45, 2.75) is 12.8 Å². The van der Waals surface area contributed by atoms with Gasteiger partial charge in [0, 0.05) is 30.5 Å². The number of anilines is 1. The van der Waals surface area contributed by atoms with Gasteiger partial charge in [-0.2, -0.15) is 0 Å². The third kappa shape index (κ3) is 3.79. The molecule has 0 spiro atoms. The Morgan fingerprint density at radius 3 is 2.72 bits per heavy atom. The Hall–Kier alpha value is -3.39. The molecule has 146 valence electrons. The number of nitrogens with one attached hydrogen (secondary N) is 1. The summed E-state index contributed by atoms with van der Waals surface area (Å²) in [6.45, 7) is 1.06. The smallest absolute Gasteiger partial charge is 0.226 e. The number of thiazole rings is 1. The van der Waals surface area contributed by atoms with Gasteiger partial charge >= 0.3 is 0 Å². The highest BCUT2D eigenvalue weighted by Crippen LogP contribution is 2.37. The molecular weight excluding hydrogens is 390 g/mol. The van der Waals surface area contributed by atoms with E-state index in [-0.39, 0.29) is 12.3 Å². The normalized spacial score (nSPS) is 12.8. The highest BCUT2D eigenvalue weighted by molar-refractivity contribution is 7.22. The Morgan fingerprint density at radius 1 is 1.10 bits per heavy atom. The first kappa shape index (κ1) is 17.7. The molecule has 1 amide bonds. The van der Waals surface area contributed by atoms with Crippen molar-refractivity contribution in [1.82, 2.24) is 9.97 Å². The summed E-state index contributed by atoms with van der Waals surface area (Å²) in [4.78, 5) is 21.1. The predicted octanol–water partition coefficient (Wildman–Crippen LogP) is 4.29. The molecule has 8 heteroatoms. The molecule has 0 unspecified atom stereocenters. The Bertz CT molecular complexity index is 1130. The standard InChI is InChI=1S/C21H17N3O4S/c25-19(6-7-20-22-12-17(28-20)13-4-2-1-3-5-13)24-21-23-14-10-15-16(11-18(14)29-21)27-9-8-26-15/h1-5,10-12H,6-9H2,(H,23,24,25). The van der Waals surface area contributed by atoms with E-state index in [9.17, 15) is 4.79 Å². The molecule has 4 aromatic rings. The molecule has 2 aromatic heterocycles. The Morgan fingerprint density at radius 2 is 1.90 bits per heavy atom. The van der Waals surface area contributed by atoms with Crippen LogP contribution in [0.1, 0.15) is 12.3 Å². The zero-order valence-electron chi connectivity index (χ0n) is 15.4. The van der Waals surface area contributed by atoms with Crippen LogP contribution in [0.3, 0.4) is 0 Å². The number of oxazole rings is 1. The number of carbonyl (C=O) groups is 1. The summed E-state index contributed by atoms with van der Waals surface area (Å²) in [5, 5.41) is 3.39. The van der Waals surface area contributed by atoms with Crippen molar-refractivity contribution in [1.29, 1.82) is 0 Å². The van der Waals surface area contributed by atoms with E-state index in [1.54, 1.807) is 6.20 Å². The lowest BCUT2D eigenvalue weighted by Gasteiger charge is -2.17. The maximum atomic E-state index is 12.3. The molecule has 0 bridgehead atoms. The number of benzene rings is 2. The van der Waals surface area contributed by atoms with Crippen LogP contribution in [0.15, 0.2) is 53.1 Å². The molecule has 3 heterocycles. The van der Waals surface area contributed by atoms with Gasteiger partial charge < -0.3 is 19.2 Å². The van der Waals surface area contributed by atoms with Crippen molar-refractivity contribution >= 4 is 32.6 Å². The summed E-state index contributed by atoms with van der Waals surface area (Å²) >= 11 is 1.40. The third-order valence-electron chi connectivity index (χ3n) is 4.48. The predicted molar refractivity (Wildman–Crippen MR) is 109 cm³/mol. The van der Waals surface area contributed by atoms with Gasteiger partial charge in [-0.15, -0.1) is 0 Å². The molecular formula is C21H17N3O4S. The second-order valence-corrected chi connectivity index (χ2v) is 7.55. The minimum absolute atomic E-state index is 0.138. The summed E-state index contributed by atoms with van der Waals surface area (Å²) in [5.41, 5.74) is 1.73. The van der Waals surface area contributed by atoms with Crippen LogP contribution in [0.5, 0.6) is 11.5 Å². The van der Waals surface area contributed by atoms with Crippen molar-refractivity contribution in [2.24, 2.45) is 0 Å². The number of fused-ring (bicyclic) bond motifs is 2. The first-order chi connectivity index (χ1) is 14.2. The van der Waals surface area contributed by atoms with Gasteiger partial charge in [0.2, 0.25) is 5.91 Å². The molecule has 7 nitrogen and oxygen atoms in total. The Kier molecular flexibility index (Phi) is 4.61. The summed E-state index contributed by atoms with van der Waals surface area (Å²) in [5.74, 6) is 2.49. The van der Waals surface area contributed by atoms with Gasteiger partial charge in [0.1, 0.15) is 13.2 Å². The average molecular weight is 407 g/mol. The molecule has 0 aliphatic carbocycles. The van der Waals surface area contributed by atoms with Gasteiger partial charge in [0.15, 0.2) is 28.3 Å². The first-order valence-corrected chi connectivity index (χ1v) is 10.1. The molecule has 5 rings (SSSR count). The minimum atomic E-state index is -0.138. The van der Waals surface area contributed by atoms with Crippen molar-refractivity contribution < 1.29 is 18.7 Å². The SMILES string of the molecule is O=C(CCc1ncc(-c2ccccc2)o1)Nc1nc2cc3c(cc2s1)OCCO3. The zero-order chi connectivity index (χ0) is 19.6. The van der Waals surface area contributed by atoms with Crippen LogP contribution in [-0.4, -0.2) is 29.1 Å². The van der Waals surface area contributed by atoms with Crippen LogP contribution < -0.4 is 14.8 Å². The first-order valence-electron chi connectivity index (χ1n) is 9.25. The lowest BCUT2D eigenvalue weighted by molar-refractivity contribution is -0.116. The van der Waals surface area contributed by atoms with Gasteiger partial charge in [-0.25, -0.2) is 9.97 Å². The number of carbonyl (C=O) groups excluding carboxylic acids is 1. The van der Waals surface area contributed by atoms with Crippen LogP contribution >= 0.6 is 11.3 Å².